The summed E-state index contributed by atoms with van der Waals surface area (Å²) in [5, 5.41) is 0.179. The maximum Gasteiger partial charge on any atom is 0.509 e. The summed E-state index contributed by atoms with van der Waals surface area (Å²) >= 11 is 8.68. The monoisotopic (exact) mass is 594 g/mol. The minimum atomic E-state index is -0.846. The topological polar surface area (TPSA) is 81.0 Å². The molecule has 0 saturated carbocycles. The molecule has 0 spiro atoms. The molecule has 0 bridgehead atoms. The van der Waals surface area contributed by atoms with Crippen LogP contribution in [0.2, 0.25) is 0 Å². The van der Waals surface area contributed by atoms with E-state index in [2.05, 4.69) is 10.9 Å². The van der Waals surface area contributed by atoms with Crippen molar-refractivity contribution in [2.24, 2.45) is 0 Å². The Kier molecular flexibility index (Phi) is 11.3. The summed E-state index contributed by atoms with van der Waals surface area (Å²) in [6.07, 6.45) is 7.52. The lowest BCUT2D eigenvalue weighted by molar-refractivity contribution is 0.00265. The van der Waals surface area contributed by atoms with E-state index in [1.165, 1.54) is 10.9 Å². The molecule has 138 valence electrons. The van der Waals surface area contributed by atoms with Crippen molar-refractivity contribution < 1.29 is 25.1 Å². The van der Waals surface area contributed by atoms with Gasteiger partial charge < -0.3 is 20.3 Å². The predicted molar refractivity (Wildman–Crippen MR) is 109 cm³/mol. The van der Waals surface area contributed by atoms with E-state index in [1.807, 2.05) is 0 Å². The standard InChI is InChI=1S/C14H16I2N2O6S/c1-3-10(22-14(19)20-4-2)7-11(24-16)12(8-21-15)23-13(25)18-6-5-17-9-18/h1,5-6,9-12H,4,7-8H2,2H3/t10?,11-,12+/m0/s1. The van der Waals surface area contributed by atoms with Crippen LogP contribution in [0.25, 0.3) is 0 Å². The summed E-state index contributed by atoms with van der Waals surface area (Å²) in [6.45, 7) is 2.04. The van der Waals surface area contributed by atoms with Crippen LogP contribution >= 0.6 is 58.2 Å². The Morgan fingerprint density at radius 1 is 1.40 bits per heavy atom. The number of hydrogen-bond donors (Lipinski definition) is 0. The third kappa shape index (κ3) is 8.03. The number of halogens is 2. The second-order valence-electron chi connectivity index (χ2n) is 4.49. The second kappa shape index (κ2) is 12.6. The fourth-order valence-electron chi connectivity index (χ4n) is 1.71. The van der Waals surface area contributed by atoms with E-state index in [0.29, 0.717) is 0 Å². The quantitative estimate of drug-likeness (QED) is 0.187. The molecule has 25 heavy (non-hydrogen) atoms. The average Bonchev–Trinajstić information content (AvgIpc) is 3.13. The molecule has 0 N–H and O–H groups in total. The van der Waals surface area contributed by atoms with Gasteiger partial charge in [-0.05, 0) is 19.1 Å². The van der Waals surface area contributed by atoms with Gasteiger partial charge in [-0.2, -0.15) is 0 Å². The number of hydrogen-bond acceptors (Lipinski definition) is 8. The summed E-state index contributed by atoms with van der Waals surface area (Å²) < 4.78 is 27.6. The van der Waals surface area contributed by atoms with Gasteiger partial charge in [-0.3, -0.25) is 4.57 Å². The van der Waals surface area contributed by atoms with Crippen molar-refractivity contribution in [3.63, 3.8) is 0 Å². The molecular formula is C14H16I2N2O6S. The largest absolute Gasteiger partial charge is 0.509 e. The van der Waals surface area contributed by atoms with Crippen molar-refractivity contribution in [3.8, 4) is 12.3 Å². The third-order valence-corrected chi connectivity index (χ3v) is 4.18. The van der Waals surface area contributed by atoms with E-state index in [4.69, 9.17) is 39.0 Å². The Morgan fingerprint density at radius 2 is 2.16 bits per heavy atom. The average molecular weight is 594 g/mol. The number of carbonyl (C=O) groups excluding carboxylic acids is 1. The summed E-state index contributed by atoms with van der Waals surface area (Å²) in [7, 11) is 0. The molecule has 3 atom stereocenters. The first-order valence-electron chi connectivity index (χ1n) is 7.05. The van der Waals surface area contributed by atoms with Crippen molar-refractivity contribution >= 4 is 69.6 Å². The van der Waals surface area contributed by atoms with Crippen molar-refractivity contribution in [3.05, 3.63) is 18.7 Å². The van der Waals surface area contributed by atoms with Crippen molar-refractivity contribution in [2.45, 2.75) is 31.7 Å². The number of imidazole rings is 1. The highest BCUT2D eigenvalue weighted by Crippen LogP contribution is 2.18. The molecule has 1 aromatic rings. The minimum Gasteiger partial charge on any atom is -0.462 e. The van der Waals surface area contributed by atoms with Gasteiger partial charge in [-0.1, -0.05) is 5.92 Å². The zero-order valence-electron chi connectivity index (χ0n) is 13.2. The molecule has 0 aliphatic carbocycles. The van der Waals surface area contributed by atoms with Gasteiger partial charge in [0, 0.05) is 18.8 Å². The van der Waals surface area contributed by atoms with Crippen LogP contribution in [0.4, 0.5) is 4.79 Å². The number of nitrogens with zero attached hydrogens (tertiary/aromatic N) is 2. The zero-order chi connectivity index (χ0) is 18.7. The van der Waals surface area contributed by atoms with E-state index in [9.17, 15) is 4.79 Å². The van der Waals surface area contributed by atoms with Crippen LogP contribution < -0.4 is 0 Å². The normalized spacial score (nSPS) is 14.0. The van der Waals surface area contributed by atoms with Crippen LogP contribution in [0.3, 0.4) is 0 Å². The summed E-state index contributed by atoms with van der Waals surface area (Å²) in [5.74, 6) is 2.38. The molecule has 0 saturated heterocycles. The van der Waals surface area contributed by atoms with Crippen molar-refractivity contribution in [1.82, 2.24) is 9.55 Å². The molecule has 0 aromatic carbocycles. The molecule has 1 rings (SSSR count). The molecule has 11 heteroatoms. The smallest absolute Gasteiger partial charge is 0.462 e. The van der Waals surface area contributed by atoms with Gasteiger partial charge in [0.1, 0.15) is 58.4 Å². The van der Waals surface area contributed by atoms with Crippen LogP contribution in [-0.4, -0.2) is 52.4 Å². The van der Waals surface area contributed by atoms with Crippen LogP contribution in [0.15, 0.2) is 18.7 Å². The first kappa shape index (κ1) is 22.4. The molecule has 0 amide bonds. The summed E-state index contributed by atoms with van der Waals surface area (Å²) in [4.78, 5) is 15.3. The van der Waals surface area contributed by atoms with Crippen LogP contribution in [0, 0.1) is 12.3 Å². The van der Waals surface area contributed by atoms with Crippen molar-refractivity contribution in [2.75, 3.05) is 13.2 Å². The Hall–Kier alpha value is -0.690. The SMILES string of the molecule is C#CC(C[C@H](OI)[C@@H](COI)OC(=S)n1ccnc1)OC(=O)OCC. The maximum atomic E-state index is 11.4. The van der Waals surface area contributed by atoms with Crippen LogP contribution in [0.5, 0.6) is 0 Å². The van der Waals surface area contributed by atoms with E-state index < -0.39 is 24.5 Å². The third-order valence-electron chi connectivity index (χ3n) is 2.86. The van der Waals surface area contributed by atoms with E-state index in [1.54, 1.807) is 65.3 Å². The highest BCUT2D eigenvalue weighted by Gasteiger charge is 2.30. The molecule has 1 heterocycles. The minimum absolute atomic E-state index is 0.176. The fourth-order valence-corrected chi connectivity index (χ4v) is 2.83. The number of carbonyl (C=O) groups is 1. The number of rotatable bonds is 9. The van der Waals surface area contributed by atoms with Gasteiger partial charge in [-0.15, -0.1) is 6.42 Å². The molecule has 0 fully saturated rings. The fraction of sp³-hybridized carbons (Fsp3) is 0.500. The first-order chi connectivity index (χ1) is 12.0. The molecule has 1 unspecified atom stereocenters. The van der Waals surface area contributed by atoms with E-state index >= 15 is 0 Å². The van der Waals surface area contributed by atoms with E-state index in [-0.39, 0.29) is 24.8 Å². The Morgan fingerprint density at radius 3 is 2.68 bits per heavy atom. The number of aromatic nitrogens is 2. The lowest BCUT2D eigenvalue weighted by Gasteiger charge is -2.26. The Balaban J connectivity index is 2.74. The lowest BCUT2D eigenvalue weighted by atomic mass is 10.1. The lowest BCUT2D eigenvalue weighted by Crippen LogP contribution is -2.39. The van der Waals surface area contributed by atoms with Gasteiger partial charge >= 0.3 is 6.16 Å². The molecular weight excluding hydrogens is 578 g/mol. The molecule has 0 aliphatic heterocycles. The van der Waals surface area contributed by atoms with Gasteiger partial charge in [0.2, 0.25) is 0 Å². The Bertz CT molecular complexity index is 580. The number of terminal acetylenes is 1. The highest BCUT2D eigenvalue weighted by molar-refractivity contribution is 14.1. The van der Waals surface area contributed by atoms with Gasteiger partial charge in [0.15, 0.2) is 12.2 Å². The predicted octanol–water partition coefficient (Wildman–Crippen LogP) is 3.07. The molecule has 8 nitrogen and oxygen atoms in total. The zero-order valence-corrected chi connectivity index (χ0v) is 18.3. The summed E-state index contributed by atoms with van der Waals surface area (Å²) in [5.41, 5.74) is 0. The molecule has 0 aliphatic rings. The number of ether oxygens (including phenoxy) is 3. The van der Waals surface area contributed by atoms with Crippen LogP contribution in [-0.2, 0) is 20.3 Å². The second-order valence-corrected chi connectivity index (χ2v) is 5.97. The Labute approximate surface area is 179 Å². The maximum absolute atomic E-state index is 11.4. The van der Waals surface area contributed by atoms with Crippen LogP contribution in [0.1, 0.15) is 13.3 Å². The molecule has 0 radical (unpaired) electrons. The van der Waals surface area contributed by atoms with Gasteiger partial charge in [0.05, 0.1) is 13.2 Å². The van der Waals surface area contributed by atoms with E-state index in [0.717, 1.165) is 0 Å². The highest BCUT2D eigenvalue weighted by atomic mass is 127. The first-order valence-corrected chi connectivity index (χ1v) is 9.22. The van der Waals surface area contributed by atoms with Gasteiger partial charge in [-0.25, -0.2) is 9.78 Å². The van der Waals surface area contributed by atoms with Crippen molar-refractivity contribution in [1.29, 1.82) is 0 Å². The van der Waals surface area contributed by atoms with Gasteiger partial charge in [0.25, 0.3) is 5.17 Å². The molecule has 1 aromatic heterocycles. The number of thiocarbonyl (C=S) groups is 1. The summed E-state index contributed by atoms with van der Waals surface area (Å²) in [6, 6.07) is 0.